The van der Waals surface area contributed by atoms with Gasteiger partial charge in [0.25, 0.3) is 0 Å². The summed E-state index contributed by atoms with van der Waals surface area (Å²) in [6.07, 6.45) is 11.2. The maximum Gasteiger partial charge on any atom is 0.306 e. The van der Waals surface area contributed by atoms with Crippen molar-refractivity contribution in [3.63, 3.8) is 0 Å². The summed E-state index contributed by atoms with van der Waals surface area (Å²) in [5.74, 6) is -0.945. The highest BCUT2D eigenvalue weighted by atomic mass is 127. The molecule has 0 amide bonds. The number of esters is 2. The number of aliphatic carboxylic acids is 1. The monoisotopic (exact) mass is 760 g/mol. The molecule has 2 rings (SSSR count). The van der Waals surface area contributed by atoms with Crippen molar-refractivity contribution in [3.05, 3.63) is 32.9 Å². The van der Waals surface area contributed by atoms with E-state index in [2.05, 4.69) is 77.6 Å². The molecule has 1 aromatic carbocycles. The summed E-state index contributed by atoms with van der Waals surface area (Å²) in [4.78, 5) is 34.2. The minimum atomic E-state index is -1.00. The second kappa shape index (κ2) is 32.2. The third-order valence-corrected chi connectivity index (χ3v) is 6.62. The molecule has 0 saturated carbocycles. The molecule has 2 unspecified atom stereocenters. The highest BCUT2D eigenvalue weighted by Gasteiger charge is 2.31. The van der Waals surface area contributed by atoms with Gasteiger partial charge in [-0.05, 0) is 72.4 Å². The fourth-order valence-electron chi connectivity index (χ4n) is 3.98. The molecule has 0 radical (unpaired) electrons. The molecule has 0 heterocycles. The molecule has 10 heteroatoms. The lowest BCUT2D eigenvalue weighted by Crippen LogP contribution is -2.27. The fraction of sp³-hybridized carbons (Fsp3) is 0.743. The van der Waals surface area contributed by atoms with E-state index in [9.17, 15) is 18.8 Å². The number of nitrogens with zero attached hydrogens (tertiary/aromatic N) is 1. The first kappa shape index (κ1) is 50.1. The van der Waals surface area contributed by atoms with Crippen molar-refractivity contribution in [2.24, 2.45) is 0 Å². The zero-order valence-corrected chi connectivity index (χ0v) is 29.8. The molecule has 0 bridgehead atoms. The second-order valence-electron chi connectivity index (χ2n) is 11.8. The van der Waals surface area contributed by atoms with Crippen LogP contribution < -0.4 is 0 Å². The molecule has 2 atom stereocenters. The summed E-state index contributed by atoms with van der Waals surface area (Å²) in [6.45, 7) is 6.30. The number of halogens is 2. The number of hydrogen-bond donors (Lipinski definition) is 1. The van der Waals surface area contributed by atoms with Gasteiger partial charge in [-0.25, -0.2) is 0 Å². The standard InChI is InChI=1S/C22H31IO4.C6H12O2.C4H12N.CH3F.2CH4.H2O/c1-3-5-7-9-21(24)26-19-13-14-20(27-22(25)10-8-6-4-2)18-15-16(23)11-12-17(18)19;1-2-3-4-5-6(7)8;1-5(2,3)4;1-2;;;/h11-12,15,19-20H,3-10,13-14H2,1-2H3;2-5H2,1H3,(H,7,8);1-4H3;1H3;2*1H4;1H2/q;;+1;;;;/p-1/i;;;1D;;;. The predicted molar refractivity (Wildman–Crippen MR) is 193 cm³/mol. The highest BCUT2D eigenvalue weighted by Crippen LogP contribution is 2.41. The van der Waals surface area contributed by atoms with Crippen molar-refractivity contribution in [2.75, 3.05) is 35.3 Å². The largest absolute Gasteiger partial charge is 0.870 e. The van der Waals surface area contributed by atoms with E-state index in [1.54, 1.807) is 0 Å². The zero-order chi connectivity index (χ0) is 33.3. The van der Waals surface area contributed by atoms with E-state index in [0.717, 1.165) is 77.0 Å². The number of benzene rings is 1. The van der Waals surface area contributed by atoms with Crippen molar-refractivity contribution >= 4 is 40.5 Å². The summed E-state index contributed by atoms with van der Waals surface area (Å²) >= 11 is 2.26. The molecule has 2 N–H and O–H groups in total. The maximum absolute atomic E-state index is 12.2. The summed E-state index contributed by atoms with van der Waals surface area (Å²) in [6, 6.07) is 6.08. The predicted octanol–water partition coefficient (Wildman–Crippen LogP) is 10.1. The van der Waals surface area contributed by atoms with Crippen molar-refractivity contribution in [1.82, 2.24) is 0 Å². The summed E-state index contributed by atoms with van der Waals surface area (Å²) < 4.78 is 29.1. The highest BCUT2D eigenvalue weighted by molar-refractivity contribution is 14.1. The SMILES string of the molecule is C.C.CCCCCC(=O)O.CCCCCC(=O)OC1CCC(OC(=O)CCCCC)c2cc(I)ccc21.C[N+](C)(C)C.[2H]CF.[OH-]. The van der Waals surface area contributed by atoms with Crippen LogP contribution in [0.25, 0.3) is 0 Å². The molecule has 268 valence electrons. The van der Waals surface area contributed by atoms with Gasteiger partial charge in [-0.1, -0.05) is 80.2 Å². The minimum Gasteiger partial charge on any atom is -0.870 e. The van der Waals surface area contributed by atoms with Crippen LogP contribution >= 0.6 is 22.6 Å². The third-order valence-electron chi connectivity index (χ3n) is 5.94. The molecule has 8 nitrogen and oxygen atoms in total. The number of carbonyl (C=O) groups is 3. The van der Waals surface area contributed by atoms with Crippen molar-refractivity contribution in [3.8, 4) is 0 Å². The number of hydrogen-bond acceptors (Lipinski definition) is 6. The van der Waals surface area contributed by atoms with Crippen LogP contribution in [0.3, 0.4) is 0 Å². The molecular weight excluding hydrogens is 692 g/mol. The lowest BCUT2D eigenvalue weighted by Gasteiger charge is -2.31. The number of carboxylic acids is 1. The Morgan fingerprint density at radius 3 is 1.53 bits per heavy atom. The van der Waals surface area contributed by atoms with Crippen LogP contribution in [0.15, 0.2) is 18.2 Å². The quantitative estimate of drug-likeness (QED) is 0.0868. The van der Waals surface area contributed by atoms with Gasteiger partial charge in [0.15, 0.2) is 0 Å². The topological polar surface area (TPSA) is 120 Å². The van der Waals surface area contributed by atoms with Gasteiger partial charge in [0.2, 0.25) is 0 Å². The van der Waals surface area contributed by atoms with E-state index < -0.39 is 13.1 Å². The molecule has 0 fully saturated rings. The Labute approximate surface area is 290 Å². The first-order valence-corrected chi connectivity index (χ1v) is 16.4. The summed E-state index contributed by atoms with van der Waals surface area (Å²) in [7, 11) is 7.50. The molecule has 1 aliphatic rings. The van der Waals surface area contributed by atoms with Crippen LogP contribution in [0.4, 0.5) is 4.39 Å². The third kappa shape index (κ3) is 30.6. The lowest BCUT2D eigenvalue weighted by atomic mass is 9.87. The van der Waals surface area contributed by atoms with Gasteiger partial charge in [-0.3, -0.25) is 18.8 Å². The molecule has 0 spiro atoms. The van der Waals surface area contributed by atoms with Gasteiger partial charge in [-0.2, -0.15) is 0 Å². The Bertz CT molecular complexity index is 894. The maximum atomic E-state index is 12.2. The molecule has 1 aromatic rings. The van der Waals surface area contributed by atoms with Crippen LogP contribution in [0, 0.1) is 3.57 Å². The van der Waals surface area contributed by atoms with Crippen LogP contribution in [0.5, 0.6) is 0 Å². The Morgan fingerprint density at radius 2 is 1.18 bits per heavy atom. The van der Waals surface area contributed by atoms with Gasteiger partial charge in [0.1, 0.15) is 12.2 Å². The van der Waals surface area contributed by atoms with E-state index in [1.807, 2.05) is 12.1 Å². The minimum absolute atomic E-state index is 0. The Morgan fingerprint density at radius 1 is 0.822 bits per heavy atom. The number of carboxylic acid groups (broad SMARTS) is 1. The number of alkyl halides is 1. The van der Waals surface area contributed by atoms with Crippen LogP contribution in [0.1, 0.15) is 150 Å². The smallest absolute Gasteiger partial charge is 0.306 e. The van der Waals surface area contributed by atoms with Crippen molar-refractivity contribution in [1.29, 1.82) is 0 Å². The number of carbonyl (C=O) groups excluding carboxylic acids is 2. The number of quaternary nitrogens is 1. The molecule has 0 aromatic heterocycles. The van der Waals surface area contributed by atoms with Crippen LogP contribution in [-0.2, 0) is 23.9 Å². The normalized spacial score (nSPS) is 14.6. The van der Waals surface area contributed by atoms with Gasteiger partial charge >= 0.3 is 17.9 Å². The van der Waals surface area contributed by atoms with E-state index in [-0.39, 0.29) is 44.5 Å². The Kier molecular flexibility index (Phi) is 35.8. The molecule has 0 aliphatic heterocycles. The molecular formula is C35H67FINO7. The fourth-order valence-corrected chi connectivity index (χ4v) is 4.49. The summed E-state index contributed by atoms with van der Waals surface area (Å²) in [5, 5.41) is 8.14. The first-order chi connectivity index (χ1) is 20.2. The first-order valence-electron chi connectivity index (χ1n) is 16.0. The van der Waals surface area contributed by atoms with E-state index in [4.69, 9.17) is 16.0 Å². The van der Waals surface area contributed by atoms with Crippen LogP contribution in [0.2, 0.25) is 0 Å². The Hall–Kier alpha value is -1.79. The van der Waals surface area contributed by atoms with Gasteiger partial charge < -0.3 is 24.5 Å². The van der Waals surface area contributed by atoms with Gasteiger partial charge in [0, 0.05) is 28.4 Å². The number of fused-ring (bicyclic) bond motifs is 1. The molecule has 0 saturated heterocycles. The second-order valence-corrected chi connectivity index (χ2v) is 13.0. The van der Waals surface area contributed by atoms with Crippen LogP contribution in [-0.4, -0.2) is 68.3 Å². The van der Waals surface area contributed by atoms with Crippen molar-refractivity contribution < 1.29 is 44.7 Å². The zero-order valence-electron chi connectivity index (χ0n) is 28.6. The lowest BCUT2D eigenvalue weighted by molar-refractivity contribution is -0.849. The summed E-state index contributed by atoms with van der Waals surface area (Å²) in [5.41, 5.74) is 1.97. The number of unbranched alkanes of at least 4 members (excludes halogenated alkanes) is 6. The van der Waals surface area contributed by atoms with E-state index in [1.165, 1.54) is 0 Å². The average molecular weight is 761 g/mol. The Balaban J connectivity index is -0.000000246. The number of ether oxygens (including phenoxy) is 2. The molecule has 1 aliphatic carbocycles. The molecule has 45 heavy (non-hydrogen) atoms. The van der Waals surface area contributed by atoms with Crippen molar-refractivity contribution in [2.45, 2.75) is 138 Å². The van der Waals surface area contributed by atoms with E-state index in [0.29, 0.717) is 32.1 Å². The average Bonchev–Trinajstić information content (AvgIpc) is 2.90. The van der Waals surface area contributed by atoms with Gasteiger partial charge in [-0.15, -0.1) is 0 Å². The number of rotatable bonds is 14. The van der Waals surface area contributed by atoms with Gasteiger partial charge in [0.05, 0.1) is 36.7 Å². The van der Waals surface area contributed by atoms with E-state index >= 15 is 0 Å².